The topological polar surface area (TPSA) is 63.2 Å². The Morgan fingerprint density at radius 2 is 2.00 bits per heavy atom. The second-order valence-corrected chi connectivity index (χ2v) is 9.82. The molecule has 27 heavy (non-hydrogen) atoms. The van der Waals surface area contributed by atoms with Crippen molar-refractivity contribution in [1.82, 2.24) is 10.2 Å². The number of hydrogen-bond acceptors (Lipinski definition) is 4. The minimum absolute atomic E-state index is 0.0628. The number of fused-ring (bicyclic) bond motifs is 2. The Balaban J connectivity index is 1.39. The van der Waals surface area contributed by atoms with E-state index in [0.29, 0.717) is 30.0 Å². The molecule has 2 heterocycles. The zero-order chi connectivity index (χ0) is 19.2. The first-order valence-electron chi connectivity index (χ1n) is 10.7. The van der Waals surface area contributed by atoms with Gasteiger partial charge in [0.25, 0.3) is 0 Å². The first kappa shape index (κ1) is 19.0. The molecule has 2 saturated heterocycles. The molecular formula is C21H35N3O3. The van der Waals surface area contributed by atoms with E-state index in [-0.39, 0.29) is 11.9 Å². The number of guanidine groups is 1. The first-order valence-corrected chi connectivity index (χ1v) is 10.7. The summed E-state index contributed by atoms with van der Waals surface area (Å²) in [5.41, 5.74) is -0.121. The van der Waals surface area contributed by atoms with Crippen LogP contribution in [0.5, 0.6) is 0 Å². The molecule has 152 valence electrons. The van der Waals surface area contributed by atoms with Crippen molar-refractivity contribution in [3.8, 4) is 0 Å². The number of nitrogens with one attached hydrogen (secondary N) is 1. The smallest absolute Gasteiger partial charge is 0.311 e. The fraction of sp³-hybridized carbons (Fsp3) is 0.905. The van der Waals surface area contributed by atoms with Crippen molar-refractivity contribution >= 4 is 11.9 Å². The van der Waals surface area contributed by atoms with E-state index in [9.17, 15) is 4.79 Å². The van der Waals surface area contributed by atoms with Crippen LogP contribution in [0.15, 0.2) is 4.99 Å². The van der Waals surface area contributed by atoms with Gasteiger partial charge in [0.15, 0.2) is 5.96 Å². The van der Waals surface area contributed by atoms with Gasteiger partial charge in [-0.05, 0) is 46.5 Å². The first-order chi connectivity index (χ1) is 12.8. The molecular weight excluding hydrogens is 342 g/mol. The molecule has 0 aromatic carbocycles. The number of likely N-dealkylation sites (tertiary alicyclic amines) is 1. The van der Waals surface area contributed by atoms with Gasteiger partial charge in [0.05, 0.1) is 12.0 Å². The van der Waals surface area contributed by atoms with Gasteiger partial charge < -0.3 is 19.7 Å². The van der Waals surface area contributed by atoms with Crippen LogP contribution >= 0.6 is 0 Å². The lowest BCUT2D eigenvalue weighted by atomic mass is 9.54. The predicted octanol–water partition coefficient (Wildman–Crippen LogP) is 2.57. The molecule has 2 aliphatic carbocycles. The number of carbonyl (C=O) groups is 1. The Hall–Kier alpha value is -1.30. The van der Waals surface area contributed by atoms with Gasteiger partial charge in [0, 0.05) is 44.1 Å². The van der Waals surface area contributed by atoms with E-state index in [0.717, 1.165) is 32.0 Å². The van der Waals surface area contributed by atoms with Crippen LogP contribution in [-0.4, -0.2) is 61.3 Å². The minimum Gasteiger partial charge on any atom is -0.460 e. The predicted molar refractivity (Wildman–Crippen MR) is 105 cm³/mol. The number of rotatable bonds is 2. The molecule has 2 saturated carbocycles. The van der Waals surface area contributed by atoms with E-state index in [1.807, 2.05) is 27.8 Å². The standard InChI is InChI=1S/C21H35N3O3/c1-20(2,3)27-18(25)14-7-11-24(13-14)19(22-4)23-16-15-8-12-26-17(15)21(16)9-5-6-10-21/h14-17H,5-13H2,1-4H3,(H,22,23). The van der Waals surface area contributed by atoms with Crippen LogP contribution in [0.4, 0.5) is 0 Å². The highest BCUT2D eigenvalue weighted by molar-refractivity contribution is 5.82. The molecule has 4 rings (SSSR count). The van der Waals surface area contributed by atoms with Crippen molar-refractivity contribution in [3.63, 3.8) is 0 Å². The fourth-order valence-corrected chi connectivity index (χ4v) is 5.87. The lowest BCUT2D eigenvalue weighted by Gasteiger charge is -2.57. The van der Waals surface area contributed by atoms with E-state index < -0.39 is 5.60 Å². The third-order valence-electron chi connectivity index (χ3n) is 7.01. The average Bonchev–Trinajstić information content (AvgIpc) is 3.33. The summed E-state index contributed by atoms with van der Waals surface area (Å²) in [5, 5.41) is 3.80. The molecule has 0 aromatic rings. The molecule has 0 radical (unpaired) electrons. The number of ether oxygens (including phenoxy) is 2. The minimum atomic E-state index is -0.428. The number of hydrogen-bond donors (Lipinski definition) is 1. The van der Waals surface area contributed by atoms with E-state index in [4.69, 9.17) is 9.47 Å². The summed E-state index contributed by atoms with van der Waals surface area (Å²) in [7, 11) is 1.85. The number of esters is 1. The highest BCUT2D eigenvalue weighted by atomic mass is 16.6. The average molecular weight is 378 g/mol. The molecule has 6 heteroatoms. The van der Waals surface area contributed by atoms with Gasteiger partial charge in [-0.25, -0.2) is 0 Å². The number of carbonyl (C=O) groups excluding carboxylic acids is 1. The zero-order valence-corrected chi connectivity index (χ0v) is 17.3. The molecule has 0 amide bonds. The van der Waals surface area contributed by atoms with Gasteiger partial charge in [-0.3, -0.25) is 9.79 Å². The lowest BCUT2D eigenvalue weighted by molar-refractivity contribution is -0.159. The maximum absolute atomic E-state index is 12.4. The van der Waals surface area contributed by atoms with Crippen molar-refractivity contribution < 1.29 is 14.3 Å². The van der Waals surface area contributed by atoms with Gasteiger partial charge in [0.1, 0.15) is 5.60 Å². The van der Waals surface area contributed by atoms with Crippen LogP contribution in [0.25, 0.3) is 0 Å². The van der Waals surface area contributed by atoms with Crippen molar-refractivity contribution in [2.24, 2.45) is 22.2 Å². The van der Waals surface area contributed by atoms with Crippen LogP contribution in [0.1, 0.15) is 59.3 Å². The zero-order valence-electron chi connectivity index (χ0n) is 17.3. The van der Waals surface area contributed by atoms with Gasteiger partial charge in [-0.15, -0.1) is 0 Å². The van der Waals surface area contributed by atoms with Crippen LogP contribution in [0.3, 0.4) is 0 Å². The largest absolute Gasteiger partial charge is 0.460 e. The third-order valence-corrected chi connectivity index (χ3v) is 7.01. The van der Waals surface area contributed by atoms with Gasteiger partial charge in [-0.2, -0.15) is 0 Å². The van der Waals surface area contributed by atoms with Crippen LogP contribution < -0.4 is 5.32 Å². The summed E-state index contributed by atoms with van der Waals surface area (Å²) < 4.78 is 11.7. The summed E-state index contributed by atoms with van der Waals surface area (Å²) in [5.74, 6) is 1.42. The summed E-state index contributed by atoms with van der Waals surface area (Å²) in [4.78, 5) is 19.2. The van der Waals surface area contributed by atoms with Gasteiger partial charge in [-0.1, -0.05) is 12.8 Å². The molecule has 4 atom stereocenters. The maximum atomic E-state index is 12.4. The quantitative estimate of drug-likeness (QED) is 0.455. The molecule has 1 spiro atoms. The van der Waals surface area contributed by atoms with Crippen molar-refractivity contribution in [1.29, 1.82) is 0 Å². The summed E-state index contributed by atoms with van der Waals surface area (Å²) >= 11 is 0. The van der Waals surface area contributed by atoms with Crippen molar-refractivity contribution in [2.45, 2.75) is 77.0 Å². The Morgan fingerprint density at radius 1 is 1.26 bits per heavy atom. The fourth-order valence-electron chi connectivity index (χ4n) is 5.87. The van der Waals surface area contributed by atoms with E-state index >= 15 is 0 Å². The summed E-state index contributed by atoms with van der Waals surface area (Å²) in [6.45, 7) is 8.23. The van der Waals surface area contributed by atoms with Crippen molar-refractivity contribution in [3.05, 3.63) is 0 Å². The molecule has 0 aromatic heterocycles. The Kier molecular flexibility index (Phi) is 4.90. The van der Waals surface area contributed by atoms with Crippen LogP contribution in [0.2, 0.25) is 0 Å². The molecule has 4 fully saturated rings. The van der Waals surface area contributed by atoms with E-state index in [2.05, 4.69) is 15.2 Å². The molecule has 0 bridgehead atoms. The van der Waals surface area contributed by atoms with Crippen molar-refractivity contribution in [2.75, 3.05) is 26.7 Å². The Bertz CT molecular complexity index is 606. The van der Waals surface area contributed by atoms with Gasteiger partial charge >= 0.3 is 5.97 Å². The highest BCUT2D eigenvalue weighted by Gasteiger charge is 2.65. The maximum Gasteiger partial charge on any atom is 0.311 e. The highest BCUT2D eigenvalue weighted by Crippen LogP contribution is 2.60. The molecule has 6 nitrogen and oxygen atoms in total. The van der Waals surface area contributed by atoms with Gasteiger partial charge in [0.2, 0.25) is 0 Å². The third kappa shape index (κ3) is 3.34. The molecule has 1 N–H and O–H groups in total. The normalized spacial score (nSPS) is 35.3. The van der Waals surface area contributed by atoms with Crippen LogP contribution in [-0.2, 0) is 14.3 Å². The SMILES string of the molecule is CN=C(NC1C2CCOC2C12CCCC2)N1CCC(C(=O)OC(C)(C)C)C1. The number of aliphatic imine (C=N–C) groups is 1. The molecule has 2 aliphatic heterocycles. The lowest BCUT2D eigenvalue weighted by Crippen LogP contribution is -2.69. The summed E-state index contributed by atoms with van der Waals surface area (Å²) in [6.07, 6.45) is 7.60. The molecule has 4 unspecified atom stereocenters. The second kappa shape index (κ2) is 6.94. The Morgan fingerprint density at radius 3 is 2.67 bits per heavy atom. The number of nitrogens with zero attached hydrogens (tertiary/aromatic N) is 2. The molecule has 4 aliphatic rings. The Labute approximate surface area is 163 Å². The van der Waals surface area contributed by atoms with E-state index in [1.54, 1.807) is 0 Å². The second-order valence-electron chi connectivity index (χ2n) is 9.82. The monoisotopic (exact) mass is 377 g/mol. The van der Waals surface area contributed by atoms with E-state index in [1.165, 1.54) is 25.7 Å². The van der Waals surface area contributed by atoms with Crippen LogP contribution in [0, 0.1) is 17.3 Å². The summed E-state index contributed by atoms with van der Waals surface area (Å²) in [6, 6.07) is 0.465.